The van der Waals surface area contributed by atoms with Crippen LogP contribution in [-0.2, 0) is 23.7 Å². The topological polar surface area (TPSA) is 96.8 Å². The second kappa shape index (κ2) is 11.9. The zero-order valence-electron chi connectivity index (χ0n) is 23.2. The first-order chi connectivity index (χ1) is 20.0. The molecule has 228 valence electrons. The lowest BCUT2D eigenvalue weighted by Gasteiger charge is -2.34. The molecule has 2 heterocycles. The highest BCUT2D eigenvalue weighted by atomic mass is 32.2. The summed E-state index contributed by atoms with van der Waals surface area (Å²) in [5.74, 6) is -0.835. The van der Waals surface area contributed by atoms with E-state index in [1.165, 1.54) is 31.4 Å². The van der Waals surface area contributed by atoms with Gasteiger partial charge >= 0.3 is 12.4 Å². The average molecular weight is 626 g/mol. The standard InChI is InChI=1S/C28H25F6N5O3S/c1-15(37-23(40)17-11-18(27(29,30)31)13-19(12-17)28(32,33)34)21-22(36-10-9-35-21)24-38-39(25(41)26(2,3)43-24)14-16-5-7-20(42-4)8-6-16/h5-13,15H,14H2,1-4H3,(H,37,40). The Balaban J connectivity index is 1.65. The Morgan fingerprint density at radius 2 is 1.58 bits per heavy atom. The van der Waals surface area contributed by atoms with Crippen molar-refractivity contribution in [3.63, 3.8) is 0 Å². The summed E-state index contributed by atoms with van der Waals surface area (Å²) in [6.45, 7) is 4.96. The normalized spacial score (nSPS) is 16.0. The molecule has 1 aliphatic rings. The van der Waals surface area contributed by atoms with Crippen molar-refractivity contribution in [3.8, 4) is 5.75 Å². The van der Waals surface area contributed by atoms with Crippen LogP contribution >= 0.6 is 11.8 Å². The molecule has 1 unspecified atom stereocenters. The Morgan fingerprint density at radius 1 is 1.00 bits per heavy atom. The van der Waals surface area contributed by atoms with Crippen molar-refractivity contribution < 1.29 is 40.7 Å². The molecule has 4 rings (SSSR count). The van der Waals surface area contributed by atoms with Gasteiger partial charge in [-0.05, 0) is 56.7 Å². The molecule has 0 spiro atoms. The minimum atomic E-state index is -5.11. The molecule has 43 heavy (non-hydrogen) atoms. The largest absolute Gasteiger partial charge is 0.497 e. The van der Waals surface area contributed by atoms with E-state index in [2.05, 4.69) is 20.4 Å². The number of halogens is 6. The maximum absolute atomic E-state index is 13.3. The molecular weight excluding hydrogens is 600 g/mol. The molecule has 0 radical (unpaired) electrons. The molecule has 0 aliphatic carbocycles. The zero-order chi connectivity index (χ0) is 31.7. The molecule has 0 bridgehead atoms. The highest BCUT2D eigenvalue weighted by Crippen LogP contribution is 2.38. The Kier molecular flexibility index (Phi) is 8.77. The molecule has 0 saturated heterocycles. The highest BCUT2D eigenvalue weighted by Gasteiger charge is 2.41. The number of aromatic nitrogens is 2. The number of nitrogens with zero attached hydrogens (tertiary/aromatic N) is 4. The van der Waals surface area contributed by atoms with Crippen LogP contribution < -0.4 is 10.1 Å². The van der Waals surface area contributed by atoms with Gasteiger partial charge in [0.05, 0.1) is 41.3 Å². The minimum absolute atomic E-state index is 0.0554. The smallest absolute Gasteiger partial charge is 0.416 e. The summed E-state index contributed by atoms with van der Waals surface area (Å²) in [6, 6.07) is 6.64. The minimum Gasteiger partial charge on any atom is -0.497 e. The third-order valence-corrected chi connectivity index (χ3v) is 7.49. The van der Waals surface area contributed by atoms with E-state index in [0.717, 1.165) is 17.3 Å². The summed E-state index contributed by atoms with van der Waals surface area (Å²) in [5.41, 5.74) is -2.98. The summed E-state index contributed by atoms with van der Waals surface area (Å²) in [6.07, 6.45) is -7.56. The lowest BCUT2D eigenvalue weighted by molar-refractivity contribution is -0.143. The van der Waals surface area contributed by atoms with Crippen molar-refractivity contribution in [2.45, 2.75) is 50.5 Å². The zero-order valence-corrected chi connectivity index (χ0v) is 24.0. The molecular formula is C28H25F6N5O3S. The van der Waals surface area contributed by atoms with Gasteiger partial charge in [-0.1, -0.05) is 23.9 Å². The molecule has 1 N–H and O–H groups in total. The van der Waals surface area contributed by atoms with Gasteiger partial charge < -0.3 is 10.1 Å². The molecule has 1 atom stereocenters. The van der Waals surface area contributed by atoms with E-state index in [-0.39, 0.29) is 34.9 Å². The third-order valence-electron chi connectivity index (χ3n) is 6.34. The molecule has 2 amide bonds. The van der Waals surface area contributed by atoms with Gasteiger partial charge in [0.25, 0.3) is 11.8 Å². The first-order valence-corrected chi connectivity index (χ1v) is 13.5. The van der Waals surface area contributed by atoms with Crippen molar-refractivity contribution in [1.29, 1.82) is 0 Å². The second-order valence-corrected chi connectivity index (χ2v) is 11.6. The second-order valence-electron chi connectivity index (χ2n) is 10.0. The van der Waals surface area contributed by atoms with Crippen LogP contribution in [0.3, 0.4) is 0 Å². The number of benzene rings is 2. The molecule has 1 aromatic heterocycles. The fourth-order valence-corrected chi connectivity index (χ4v) is 5.21. The van der Waals surface area contributed by atoms with Crippen molar-refractivity contribution >= 4 is 28.6 Å². The number of carbonyl (C=O) groups excluding carboxylic acids is 2. The van der Waals surface area contributed by atoms with E-state index in [1.54, 1.807) is 38.1 Å². The monoisotopic (exact) mass is 625 g/mol. The molecule has 8 nitrogen and oxygen atoms in total. The van der Waals surface area contributed by atoms with Crippen molar-refractivity contribution in [2.24, 2.45) is 5.10 Å². The van der Waals surface area contributed by atoms with Gasteiger partial charge in [-0.15, -0.1) is 0 Å². The SMILES string of the molecule is COc1ccc(CN2N=C(c3nccnc3C(C)NC(=O)c3cc(C(F)(F)F)cc(C(F)(F)F)c3)SC(C)(C)C2=O)cc1. The van der Waals surface area contributed by atoms with Crippen LogP contribution in [-0.4, -0.2) is 43.7 Å². The number of rotatable bonds is 7. The van der Waals surface area contributed by atoms with Crippen molar-refractivity contribution in [2.75, 3.05) is 7.11 Å². The molecule has 0 fully saturated rings. The summed E-state index contributed by atoms with van der Waals surface area (Å²) in [7, 11) is 1.53. The Bertz CT molecular complexity index is 1530. The number of hydrogen-bond donors (Lipinski definition) is 1. The fourth-order valence-electron chi connectivity index (χ4n) is 4.14. The Labute approximate surface area is 246 Å². The average Bonchev–Trinajstić information content (AvgIpc) is 2.94. The van der Waals surface area contributed by atoms with Gasteiger partial charge in [-0.2, -0.15) is 31.4 Å². The number of hydrogen-bond acceptors (Lipinski definition) is 7. The molecule has 0 saturated carbocycles. The van der Waals surface area contributed by atoms with Crippen molar-refractivity contribution in [1.82, 2.24) is 20.3 Å². The molecule has 1 aliphatic heterocycles. The number of amides is 2. The molecule has 3 aromatic rings. The number of nitrogens with one attached hydrogen (secondary N) is 1. The summed E-state index contributed by atoms with van der Waals surface area (Å²) in [4.78, 5) is 34.7. The number of methoxy groups -OCH3 is 1. The van der Waals surface area contributed by atoms with E-state index >= 15 is 0 Å². The van der Waals surface area contributed by atoms with Crippen LogP contribution in [0.4, 0.5) is 26.3 Å². The van der Waals surface area contributed by atoms with Crippen LogP contribution in [0.15, 0.2) is 60.0 Å². The van der Waals surface area contributed by atoms with E-state index in [4.69, 9.17) is 4.74 Å². The van der Waals surface area contributed by atoms with Crippen LogP contribution in [0, 0.1) is 0 Å². The van der Waals surface area contributed by atoms with Crippen LogP contribution in [0.2, 0.25) is 0 Å². The van der Waals surface area contributed by atoms with E-state index < -0.39 is 45.7 Å². The Morgan fingerprint density at radius 3 is 2.14 bits per heavy atom. The quantitative estimate of drug-likeness (QED) is 0.313. The number of carbonyl (C=O) groups is 2. The van der Waals surface area contributed by atoms with Crippen LogP contribution in [0.5, 0.6) is 5.75 Å². The molecule has 2 aromatic carbocycles. The van der Waals surface area contributed by atoms with Crippen LogP contribution in [0.1, 0.15) is 65.2 Å². The van der Waals surface area contributed by atoms with Gasteiger partial charge in [0.15, 0.2) is 0 Å². The Hall–Kier alpha value is -4.14. The number of ether oxygens (including phenoxy) is 1. The van der Waals surface area contributed by atoms with Crippen molar-refractivity contribution in [3.05, 3.63) is 88.5 Å². The number of thioether (sulfide) groups is 1. The first-order valence-electron chi connectivity index (χ1n) is 12.6. The van der Waals surface area contributed by atoms with Gasteiger partial charge in [0.2, 0.25) is 0 Å². The molecule has 15 heteroatoms. The van der Waals surface area contributed by atoms with Gasteiger partial charge in [-0.3, -0.25) is 19.6 Å². The first kappa shape index (κ1) is 31.8. The summed E-state index contributed by atoms with van der Waals surface area (Å²) >= 11 is 1.10. The third kappa shape index (κ3) is 7.27. The van der Waals surface area contributed by atoms with Gasteiger partial charge in [-0.25, -0.2) is 5.01 Å². The summed E-state index contributed by atoms with van der Waals surface area (Å²) in [5, 5.41) is 8.45. The maximum Gasteiger partial charge on any atom is 0.416 e. The predicted molar refractivity (Wildman–Crippen MR) is 146 cm³/mol. The number of alkyl halides is 6. The predicted octanol–water partition coefficient (Wildman–Crippen LogP) is 6.23. The van der Waals surface area contributed by atoms with Gasteiger partial charge in [0.1, 0.15) is 16.5 Å². The summed E-state index contributed by atoms with van der Waals surface area (Å²) < 4.78 is 84.1. The lowest BCUT2D eigenvalue weighted by Crippen LogP contribution is -2.45. The lowest BCUT2D eigenvalue weighted by atomic mass is 10.0. The van der Waals surface area contributed by atoms with E-state index in [1.807, 2.05) is 0 Å². The van der Waals surface area contributed by atoms with E-state index in [0.29, 0.717) is 17.9 Å². The highest BCUT2D eigenvalue weighted by molar-refractivity contribution is 8.16. The van der Waals surface area contributed by atoms with Gasteiger partial charge in [0, 0.05) is 18.0 Å². The maximum atomic E-state index is 13.3. The van der Waals surface area contributed by atoms with E-state index in [9.17, 15) is 35.9 Å². The fraction of sp³-hybridized carbons (Fsp3) is 0.321. The number of hydrazone groups is 1. The van der Waals surface area contributed by atoms with Crippen LogP contribution in [0.25, 0.3) is 0 Å².